The van der Waals surface area contributed by atoms with Gasteiger partial charge in [-0.15, -0.1) is 11.3 Å². The Labute approximate surface area is 97.2 Å². The highest BCUT2D eigenvalue weighted by Crippen LogP contribution is 2.18. The predicted octanol–water partition coefficient (Wildman–Crippen LogP) is 2.85. The van der Waals surface area contributed by atoms with Crippen molar-refractivity contribution in [1.29, 1.82) is 0 Å². The van der Waals surface area contributed by atoms with E-state index in [4.69, 9.17) is 11.6 Å². The molecule has 5 heteroatoms. The van der Waals surface area contributed by atoms with Crippen LogP contribution in [0.4, 0.5) is 5.13 Å². The lowest BCUT2D eigenvalue weighted by Crippen LogP contribution is -2.05. The summed E-state index contributed by atoms with van der Waals surface area (Å²) in [7, 11) is 0. The molecule has 78 valence electrons. The van der Waals surface area contributed by atoms with Crippen LogP contribution in [0.2, 0.25) is 5.15 Å². The number of aromatic nitrogens is 2. The van der Waals surface area contributed by atoms with E-state index < -0.39 is 0 Å². The van der Waals surface area contributed by atoms with E-state index in [0.717, 1.165) is 23.8 Å². The normalized spacial score (nSPS) is 10.2. The van der Waals surface area contributed by atoms with Crippen molar-refractivity contribution in [3.63, 3.8) is 0 Å². The molecule has 0 spiro atoms. The maximum atomic E-state index is 5.70. The lowest BCUT2D eigenvalue weighted by atomic mass is 10.3. The average molecular weight is 240 g/mol. The summed E-state index contributed by atoms with van der Waals surface area (Å²) in [5.41, 5.74) is 1.08. The van der Waals surface area contributed by atoms with Crippen molar-refractivity contribution in [2.45, 2.75) is 6.42 Å². The van der Waals surface area contributed by atoms with E-state index in [-0.39, 0.29) is 0 Å². The topological polar surface area (TPSA) is 37.8 Å². The van der Waals surface area contributed by atoms with Gasteiger partial charge in [0.25, 0.3) is 0 Å². The first-order chi connectivity index (χ1) is 7.34. The van der Waals surface area contributed by atoms with Crippen molar-refractivity contribution in [3.8, 4) is 0 Å². The standard InChI is InChI=1S/C10H10ClN3S/c11-9-7-15-10(14-9)13-6-4-8-3-1-2-5-12-8/h1-3,5,7H,4,6H2,(H,13,14). The summed E-state index contributed by atoms with van der Waals surface area (Å²) >= 11 is 7.21. The van der Waals surface area contributed by atoms with Gasteiger partial charge in [0.15, 0.2) is 5.13 Å². The first kappa shape index (κ1) is 10.4. The van der Waals surface area contributed by atoms with Crippen LogP contribution >= 0.6 is 22.9 Å². The summed E-state index contributed by atoms with van der Waals surface area (Å²) in [4.78, 5) is 8.33. The Morgan fingerprint density at radius 1 is 1.40 bits per heavy atom. The molecule has 0 saturated carbocycles. The smallest absolute Gasteiger partial charge is 0.184 e. The van der Waals surface area contributed by atoms with Crippen LogP contribution < -0.4 is 5.32 Å². The third-order valence-corrected chi connectivity index (χ3v) is 2.98. The summed E-state index contributed by atoms with van der Waals surface area (Å²) in [6, 6.07) is 5.91. The number of hydrogen-bond donors (Lipinski definition) is 1. The largest absolute Gasteiger partial charge is 0.361 e. The van der Waals surface area contributed by atoms with Gasteiger partial charge in [-0.25, -0.2) is 4.98 Å². The first-order valence-corrected chi connectivity index (χ1v) is 5.85. The highest BCUT2D eigenvalue weighted by molar-refractivity contribution is 7.14. The number of anilines is 1. The second kappa shape index (κ2) is 5.09. The van der Waals surface area contributed by atoms with E-state index in [1.165, 1.54) is 11.3 Å². The fraction of sp³-hybridized carbons (Fsp3) is 0.200. The van der Waals surface area contributed by atoms with Crippen LogP contribution in [0.3, 0.4) is 0 Å². The van der Waals surface area contributed by atoms with Crippen LogP contribution in [0.5, 0.6) is 0 Å². The molecule has 0 aliphatic heterocycles. The second-order valence-electron chi connectivity index (χ2n) is 2.97. The maximum Gasteiger partial charge on any atom is 0.184 e. The average Bonchev–Trinajstić information content (AvgIpc) is 2.66. The molecule has 0 fully saturated rings. The number of nitrogens with one attached hydrogen (secondary N) is 1. The second-order valence-corrected chi connectivity index (χ2v) is 4.22. The zero-order valence-corrected chi connectivity index (χ0v) is 9.55. The van der Waals surface area contributed by atoms with Gasteiger partial charge in [-0.05, 0) is 12.1 Å². The van der Waals surface area contributed by atoms with Gasteiger partial charge in [0.2, 0.25) is 0 Å². The number of rotatable bonds is 4. The van der Waals surface area contributed by atoms with Gasteiger partial charge in [-0.3, -0.25) is 4.98 Å². The van der Waals surface area contributed by atoms with E-state index in [2.05, 4.69) is 15.3 Å². The fourth-order valence-electron chi connectivity index (χ4n) is 1.18. The molecule has 0 unspecified atom stereocenters. The molecule has 0 atom stereocenters. The van der Waals surface area contributed by atoms with Gasteiger partial charge in [-0.1, -0.05) is 17.7 Å². The van der Waals surface area contributed by atoms with E-state index in [1.54, 1.807) is 6.20 Å². The Balaban J connectivity index is 1.80. The Morgan fingerprint density at radius 3 is 3.00 bits per heavy atom. The summed E-state index contributed by atoms with van der Waals surface area (Å²) in [5, 5.41) is 6.41. The van der Waals surface area contributed by atoms with E-state index in [0.29, 0.717) is 5.15 Å². The Hall–Kier alpha value is -1.13. The minimum Gasteiger partial charge on any atom is -0.361 e. The quantitative estimate of drug-likeness (QED) is 0.892. The van der Waals surface area contributed by atoms with Crippen molar-refractivity contribution >= 4 is 28.1 Å². The van der Waals surface area contributed by atoms with Gasteiger partial charge in [0.05, 0.1) is 0 Å². The molecule has 3 nitrogen and oxygen atoms in total. The van der Waals surface area contributed by atoms with Crippen LogP contribution in [-0.4, -0.2) is 16.5 Å². The minimum absolute atomic E-state index is 0.542. The molecule has 2 aromatic rings. The van der Waals surface area contributed by atoms with Crippen LogP contribution in [0.25, 0.3) is 0 Å². The Bertz CT molecular complexity index is 416. The van der Waals surface area contributed by atoms with Crippen LogP contribution in [0.15, 0.2) is 29.8 Å². The van der Waals surface area contributed by atoms with Crippen molar-refractivity contribution < 1.29 is 0 Å². The molecule has 0 amide bonds. The van der Waals surface area contributed by atoms with Crippen molar-refractivity contribution in [3.05, 3.63) is 40.6 Å². The van der Waals surface area contributed by atoms with Crippen molar-refractivity contribution in [1.82, 2.24) is 9.97 Å². The van der Waals surface area contributed by atoms with E-state index in [9.17, 15) is 0 Å². The van der Waals surface area contributed by atoms with Crippen LogP contribution in [-0.2, 0) is 6.42 Å². The summed E-state index contributed by atoms with van der Waals surface area (Å²) in [6.45, 7) is 0.820. The lowest BCUT2D eigenvalue weighted by molar-refractivity contribution is 0.959. The van der Waals surface area contributed by atoms with Gasteiger partial charge < -0.3 is 5.32 Å². The molecular weight excluding hydrogens is 230 g/mol. The summed E-state index contributed by atoms with van der Waals surface area (Å²) < 4.78 is 0. The maximum absolute atomic E-state index is 5.70. The lowest BCUT2D eigenvalue weighted by Gasteiger charge is -2.01. The highest BCUT2D eigenvalue weighted by Gasteiger charge is 1.98. The molecule has 2 rings (SSSR count). The van der Waals surface area contributed by atoms with Gasteiger partial charge >= 0.3 is 0 Å². The third-order valence-electron chi connectivity index (χ3n) is 1.86. The number of pyridine rings is 1. The monoisotopic (exact) mass is 239 g/mol. The Morgan fingerprint density at radius 2 is 2.33 bits per heavy atom. The zero-order valence-electron chi connectivity index (χ0n) is 7.98. The molecule has 0 aliphatic carbocycles. The number of nitrogens with zero attached hydrogens (tertiary/aromatic N) is 2. The SMILES string of the molecule is Clc1csc(NCCc2ccccn2)n1. The van der Waals surface area contributed by atoms with Crippen molar-refractivity contribution in [2.24, 2.45) is 0 Å². The van der Waals surface area contributed by atoms with Gasteiger partial charge in [0.1, 0.15) is 5.15 Å². The van der Waals surface area contributed by atoms with E-state index in [1.807, 2.05) is 23.6 Å². The van der Waals surface area contributed by atoms with Gasteiger partial charge in [0, 0.05) is 30.2 Å². The highest BCUT2D eigenvalue weighted by atomic mass is 35.5. The van der Waals surface area contributed by atoms with E-state index >= 15 is 0 Å². The Kier molecular flexibility index (Phi) is 3.53. The zero-order chi connectivity index (χ0) is 10.5. The molecule has 2 heterocycles. The minimum atomic E-state index is 0.542. The molecule has 0 aromatic carbocycles. The molecule has 0 radical (unpaired) electrons. The molecule has 1 N–H and O–H groups in total. The predicted molar refractivity (Wildman–Crippen MR) is 63.6 cm³/mol. The first-order valence-electron chi connectivity index (χ1n) is 4.59. The molecule has 0 bridgehead atoms. The number of thiazole rings is 1. The fourth-order valence-corrected chi connectivity index (χ4v) is 2.05. The summed E-state index contributed by atoms with van der Waals surface area (Å²) in [5.74, 6) is 0. The molecule has 0 saturated heterocycles. The van der Waals surface area contributed by atoms with Crippen LogP contribution in [0.1, 0.15) is 5.69 Å². The molecule has 15 heavy (non-hydrogen) atoms. The number of hydrogen-bond acceptors (Lipinski definition) is 4. The van der Waals surface area contributed by atoms with Crippen LogP contribution in [0, 0.1) is 0 Å². The molecule has 2 aromatic heterocycles. The molecular formula is C10H10ClN3S. The third kappa shape index (κ3) is 3.18. The van der Waals surface area contributed by atoms with Crippen molar-refractivity contribution in [2.75, 3.05) is 11.9 Å². The van der Waals surface area contributed by atoms with Gasteiger partial charge in [-0.2, -0.15) is 0 Å². The number of halogens is 1. The summed E-state index contributed by atoms with van der Waals surface area (Å²) in [6.07, 6.45) is 2.69. The molecule has 0 aliphatic rings.